The molecule has 2 rings (SSSR count). The number of carbonyl (C=O) groups excluding carboxylic acids is 1. The molecule has 1 N–H and O–H groups in total. The van der Waals surface area contributed by atoms with Crippen LogP contribution in [0.25, 0.3) is 0 Å². The van der Waals surface area contributed by atoms with Crippen molar-refractivity contribution in [3.8, 4) is 11.5 Å². The molecule has 0 radical (unpaired) electrons. The molecule has 0 bridgehead atoms. The van der Waals surface area contributed by atoms with Crippen LogP contribution in [0.1, 0.15) is 42.3 Å². The van der Waals surface area contributed by atoms with Crippen molar-refractivity contribution >= 4 is 5.91 Å². The van der Waals surface area contributed by atoms with E-state index in [1.165, 1.54) is 0 Å². The van der Waals surface area contributed by atoms with Gasteiger partial charge >= 0.3 is 0 Å². The molecule has 26 heavy (non-hydrogen) atoms. The number of rotatable bonds is 7. The van der Waals surface area contributed by atoms with Gasteiger partial charge in [0.2, 0.25) is 0 Å². The van der Waals surface area contributed by atoms with Gasteiger partial charge in [-0.05, 0) is 29.2 Å². The van der Waals surface area contributed by atoms with Crippen LogP contribution in [0.3, 0.4) is 0 Å². The van der Waals surface area contributed by atoms with Gasteiger partial charge in [0.05, 0.1) is 12.7 Å². The average molecular weight is 358 g/mol. The quantitative estimate of drug-likeness (QED) is 0.769. The van der Waals surface area contributed by atoms with Gasteiger partial charge in [-0.2, -0.15) is 0 Å². The van der Waals surface area contributed by atoms with Gasteiger partial charge < -0.3 is 19.5 Å². The van der Waals surface area contributed by atoms with Crippen LogP contribution in [-0.2, 0) is 16.7 Å². The SMILES string of the molecule is COCOc1c(C(=O)NCc2cccnc2)cc(OC)cc1C(C)(C)C. The lowest BCUT2D eigenvalue weighted by Gasteiger charge is -2.25. The molecule has 0 aliphatic carbocycles. The Kier molecular flexibility index (Phi) is 6.58. The van der Waals surface area contributed by atoms with E-state index in [4.69, 9.17) is 14.2 Å². The number of ether oxygens (including phenoxy) is 3. The Hall–Kier alpha value is -2.60. The van der Waals surface area contributed by atoms with Gasteiger partial charge in [0.1, 0.15) is 11.5 Å². The third-order valence-electron chi connectivity index (χ3n) is 3.85. The standard InChI is InChI=1S/C20H26N2O4/c1-20(2,3)17-10-15(25-5)9-16(18(17)26-13-24-4)19(23)22-12-14-7-6-8-21-11-14/h6-11H,12-13H2,1-5H3,(H,22,23). The average Bonchev–Trinajstić information content (AvgIpc) is 2.63. The van der Waals surface area contributed by atoms with Gasteiger partial charge in [-0.1, -0.05) is 26.8 Å². The van der Waals surface area contributed by atoms with Crippen LogP contribution < -0.4 is 14.8 Å². The zero-order chi connectivity index (χ0) is 19.2. The van der Waals surface area contributed by atoms with Crippen LogP contribution in [0.5, 0.6) is 11.5 Å². The maximum absolute atomic E-state index is 12.8. The van der Waals surface area contributed by atoms with E-state index in [0.717, 1.165) is 11.1 Å². The van der Waals surface area contributed by atoms with E-state index in [2.05, 4.69) is 31.1 Å². The molecule has 1 aromatic carbocycles. The van der Waals surface area contributed by atoms with E-state index in [1.54, 1.807) is 32.7 Å². The van der Waals surface area contributed by atoms with Crippen molar-refractivity contribution in [1.82, 2.24) is 10.3 Å². The molecule has 0 unspecified atom stereocenters. The number of amides is 1. The normalized spacial score (nSPS) is 11.1. The predicted molar refractivity (Wildman–Crippen MR) is 99.6 cm³/mol. The Balaban J connectivity index is 2.38. The summed E-state index contributed by atoms with van der Waals surface area (Å²) >= 11 is 0. The second kappa shape index (κ2) is 8.67. The van der Waals surface area contributed by atoms with Crippen LogP contribution in [0.4, 0.5) is 0 Å². The Morgan fingerprint density at radius 1 is 1.23 bits per heavy atom. The van der Waals surface area contributed by atoms with Crippen molar-refractivity contribution in [3.05, 3.63) is 53.3 Å². The minimum atomic E-state index is -0.246. The van der Waals surface area contributed by atoms with Gasteiger partial charge in [-0.25, -0.2) is 0 Å². The summed E-state index contributed by atoms with van der Waals surface area (Å²) in [5.41, 5.74) is 1.96. The summed E-state index contributed by atoms with van der Waals surface area (Å²) < 4.78 is 16.2. The number of benzene rings is 1. The third kappa shape index (κ3) is 4.95. The summed E-state index contributed by atoms with van der Waals surface area (Å²) in [5, 5.41) is 2.91. The van der Waals surface area contributed by atoms with E-state index in [-0.39, 0.29) is 18.1 Å². The molecule has 0 aliphatic heterocycles. The van der Waals surface area contributed by atoms with Gasteiger partial charge in [-0.3, -0.25) is 9.78 Å². The first-order valence-electron chi connectivity index (χ1n) is 8.38. The number of carbonyl (C=O) groups is 1. The van der Waals surface area contributed by atoms with E-state index in [9.17, 15) is 4.79 Å². The minimum absolute atomic E-state index is 0.0539. The van der Waals surface area contributed by atoms with Crippen LogP contribution in [0.15, 0.2) is 36.7 Å². The Labute approximate surface area is 154 Å². The van der Waals surface area contributed by atoms with Crippen molar-refractivity contribution in [2.45, 2.75) is 32.7 Å². The lowest BCUT2D eigenvalue weighted by molar-refractivity contribution is 0.0487. The van der Waals surface area contributed by atoms with Gasteiger partial charge in [0.15, 0.2) is 6.79 Å². The topological polar surface area (TPSA) is 69.7 Å². The highest BCUT2D eigenvalue weighted by Crippen LogP contribution is 2.37. The first-order valence-corrected chi connectivity index (χ1v) is 8.38. The monoisotopic (exact) mass is 358 g/mol. The van der Waals surface area contributed by atoms with Crippen molar-refractivity contribution in [2.24, 2.45) is 0 Å². The van der Waals surface area contributed by atoms with E-state index >= 15 is 0 Å². The molecule has 6 nitrogen and oxygen atoms in total. The summed E-state index contributed by atoms with van der Waals surface area (Å²) in [6, 6.07) is 7.31. The Bertz CT molecular complexity index is 739. The molecule has 0 aliphatic rings. The number of hydrogen-bond acceptors (Lipinski definition) is 5. The fourth-order valence-electron chi connectivity index (χ4n) is 2.50. The van der Waals surface area contributed by atoms with E-state index in [1.807, 2.05) is 18.2 Å². The molecular formula is C20H26N2O4. The number of nitrogens with one attached hydrogen (secondary N) is 1. The van der Waals surface area contributed by atoms with Gasteiger partial charge in [-0.15, -0.1) is 0 Å². The van der Waals surface area contributed by atoms with Crippen LogP contribution in [0.2, 0.25) is 0 Å². The van der Waals surface area contributed by atoms with Gasteiger partial charge in [0, 0.05) is 31.6 Å². The molecule has 140 valence electrons. The highest BCUT2D eigenvalue weighted by Gasteiger charge is 2.26. The fourth-order valence-corrected chi connectivity index (χ4v) is 2.50. The minimum Gasteiger partial charge on any atom is -0.497 e. The molecule has 2 aromatic rings. The predicted octanol–water partition coefficient (Wildman–Crippen LogP) is 3.30. The second-order valence-corrected chi connectivity index (χ2v) is 6.90. The lowest BCUT2D eigenvalue weighted by atomic mass is 9.84. The van der Waals surface area contributed by atoms with Crippen LogP contribution in [-0.4, -0.2) is 31.9 Å². The van der Waals surface area contributed by atoms with Crippen LogP contribution >= 0.6 is 0 Å². The zero-order valence-electron chi connectivity index (χ0n) is 16.0. The summed E-state index contributed by atoms with van der Waals surface area (Å²) in [6.07, 6.45) is 3.41. The summed E-state index contributed by atoms with van der Waals surface area (Å²) in [6.45, 7) is 6.59. The molecule has 1 heterocycles. The maximum Gasteiger partial charge on any atom is 0.255 e. The van der Waals surface area contributed by atoms with Gasteiger partial charge in [0.25, 0.3) is 5.91 Å². The number of hydrogen-bond donors (Lipinski definition) is 1. The highest BCUT2D eigenvalue weighted by atomic mass is 16.7. The lowest BCUT2D eigenvalue weighted by Crippen LogP contribution is -2.25. The molecular weight excluding hydrogens is 332 g/mol. The third-order valence-corrected chi connectivity index (χ3v) is 3.85. The molecule has 0 saturated heterocycles. The van der Waals surface area contributed by atoms with Crippen molar-refractivity contribution in [2.75, 3.05) is 21.0 Å². The number of nitrogens with zero attached hydrogens (tertiary/aromatic N) is 1. The number of pyridine rings is 1. The van der Waals surface area contributed by atoms with Crippen molar-refractivity contribution in [3.63, 3.8) is 0 Å². The van der Waals surface area contributed by atoms with E-state index in [0.29, 0.717) is 23.6 Å². The smallest absolute Gasteiger partial charge is 0.255 e. The zero-order valence-corrected chi connectivity index (χ0v) is 16.0. The number of methoxy groups -OCH3 is 2. The molecule has 1 aromatic heterocycles. The molecule has 1 amide bonds. The summed E-state index contributed by atoms with van der Waals surface area (Å²) in [4.78, 5) is 16.9. The highest BCUT2D eigenvalue weighted by molar-refractivity contribution is 5.98. The van der Waals surface area contributed by atoms with E-state index < -0.39 is 0 Å². The Morgan fingerprint density at radius 3 is 2.58 bits per heavy atom. The molecule has 0 saturated carbocycles. The largest absolute Gasteiger partial charge is 0.497 e. The van der Waals surface area contributed by atoms with Crippen LogP contribution in [0, 0.1) is 0 Å². The molecule has 6 heteroatoms. The van der Waals surface area contributed by atoms with Crippen molar-refractivity contribution in [1.29, 1.82) is 0 Å². The molecule has 0 atom stereocenters. The Morgan fingerprint density at radius 2 is 2.00 bits per heavy atom. The summed E-state index contributed by atoms with van der Waals surface area (Å²) in [7, 11) is 3.12. The molecule has 0 fully saturated rings. The fraction of sp³-hybridized carbons (Fsp3) is 0.400. The number of aromatic nitrogens is 1. The second-order valence-electron chi connectivity index (χ2n) is 6.90. The molecule has 0 spiro atoms. The first-order chi connectivity index (χ1) is 12.4. The summed E-state index contributed by atoms with van der Waals surface area (Å²) in [5.74, 6) is 0.861. The first kappa shape index (κ1) is 19.7. The van der Waals surface area contributed by atoms with Crippen molar-refractivity contribution < 1.29 is 19.0 Å². The maximum atomic E-state index is 12.8.